The Morgan fingerprint density at radius 3 is 2.69 bits per heavy atom. The molecule has 2 rings (SSSR count). The highest BCUT2D eigenvalue weighted by Crippen LogP contribution is 2.29. The minimum absolute atomic E-state index is 0.650. The van der Waals surface area contributed by atoms with E-state index in [1.807, 2.05) is 12.1 Å². The molecule has 0 atom stereocenters. The highest BCUT2D eigenvalue weighted by Gasteiger charge is 2.25. The zero-order chi connectivity index (χ0) is 11.4. The number of hydrogen-bond acceptors (Lipinski definition) is 2. The second-order valence-corrected chi connectivity index (χ2v) is 4.97. The van der Waals surface area contributed by atoms with E-state index in [1.54, 1.807) is 6.20 Å². The van der Waals surface area contributed by atoms with Crippen LogP contribution in [-0.2, 0) is 0 Å². The third-order valence-electron chi connectivity index (χ3n) is 3.05. The number of anilines is 1. The molecule has 1 fully saturated rings. The Balaban J connectivity index is 2.07. The van der Waals surface area contributed by atoms with E-state index < -0.39 is 0 Å². The van der Waals surface area contributed by atoms with Crippen molar-refractivity contribution in [2.75, 3.05) is 17.3 Å². The summed E-state index contributed by atoms with van der Waals surface area (Å²) in [5.74, 6) is 1.73. The number of aromatic nitrogens is 1. The first-order valence-corrected chi connectivity index (χ1v) is 6.66. The van der Waals surface area contributed by atoms with Crippen LogP contribution < -0.4 is 4.90 Å². The number of rotatable bonds is 5. The maximum Gasteiger partial charge on any atom is 0.128 e. The third-order valence-corrected chi connectivity index (χ3v) is 3.54. The molecule has 1 heterocycles. The summed E-state index contributed by atoms with van der Waals surface area (Å²) in [6, 6.07) is 4.54. The lowest BCUT2D eigenvalue weighted by atomic mass is 9.91. The normalized spacial score (nSPS) is 15.9. The van der Waals surface area contributed by atoms with Crippen LogP contribution in [-0.4, -0.2) is 23.5 Å². The summed E-state index contributed by atoms with van der Waals surface area (Å²) in [4.78, 5) is 6.75. The van der Waals surface area contributed by atoms with Gasteiger partial charge in [0.15, 0.2) is 0 Å². The highest BCUT2D eigenvalue weighted by molar-refractivity contribution is 6.30. The quantitative estimate of drug-likeness (QED) is 0.749. The van der Waals surface area contributed by atoms with Gasteiger partial charge in [-0.15, -0.1) is 11.6 Å². The van der Waals surface area contributed by atoms with E-state index in [-0.39, 0.29) is 0 Å². The Morgan fingerprint density at radius 2 is 2.19 bits per heavy atom. The molecular formula is C12H16Cl2N2. The smallest absolute Gasteiger partial charge is 0.128 e. The van der Waals surface area contributed by atoms with E-state index in [4.69, 9.17) is 23.2 Å². The van der Waals surface area contributed by atoms with E-state index in [2.05, 4.69) is 9.88 Å². The predicted molar refractivity (Wildman–Crippen MR) is 69.6 cm³/mol. The average Bonchev–Trinajstić information content (AvgIpc) is 2.23. The SMILES string of the molecule is ClCCCN(c1ccc(Cl)cn1)C1CCC1. The van der Waals surface area contributed by atoms with Crippen LogP contribution in [0.25, 0.3) is 0 Å². The Labute approximate surface area is 107 Å². The van der Waals surface area contributed by atoms with Crippen LogP contribution in [0.3, 0.4) is 0 Å². The van der Waals surface area contributed by atoms with Crippen molar-refractivity contribution in [2.24, 2.45) is 0 Å². The highest BCUT2D eigenvalue weighted by atomic mass is 35.5. The second kappa shape index (κ2) is 5.74. The fraction of sp³-hybridized carbons (Fsp3) is 0.583. The number of nitrogens with zero attached hydrogens (tertiary/aromatic N) is 2. The molecule has 0 aliphatic heterocycles. The summed E-state index contributed by atoms with van der Waals surface area (Å²) < 4.78 is 0. The third kappa shape index (κ3) is 2.80. The van der Waals surface area contributed by atoms with Gasteiger partial charge >= 0.3 is 0 Å². The van der Waals surface area contributed by atoms with Crippen LogP contribution in [0, 0.1) is 0 Å². The van der Waals surface area contributed by atoms with E-state index in [0.717, 1.165) is 18.8 Å². The van der Waals surface area contributed by atoms with Crippen molar-refractivity contribution in [2.45, 2.75) is 31.7 Å². The van der Waals surface area contributed by atoms with Crippen molar-refractivity contribution >= 4 is 29.0 Å². The Kier molecular flexibility index (Phi) is 4.30. The predicted octanol–water partition coefficient (Wildman–Crippen LogP) is 3.72. The van der Waals surface area contributed by atoms with Crippen LogP contribution in [0.1, 0.15) is 25.7 Å². The van der Waals surface area contributed by atoms with Gasteiger partial charge in [-0.05, 0) is 37.8 Å². The van der Waals surface area contributed by atoms with E-state index in [0.29, 0.717) is 16.9 Å². The summed E-state index contributed by atoms with van der Waals surface area (Å²) in [7, 11) is 0. The molecule has 16 heavy (non-hydrogen) atoms. The van der Waals surface area contributed by atoms with Gasteiger partial charge in [0.05, 0.1) is 5.02 Å². The van der Waals surface area contributed by atoms with Crippen molar-refractivity contribution in [1.29, 1.82) is 0 Å². The largest absolute Gasteiger partial charge is 0.354 e. The van der Waals surface area contributed by atoms with Gasteiger partial charge in [0.1, 0.15) is 5.82 Å². The van der Waals surface area contributed by atoms with Gasteiger partial charge in [-0.25, -0.2) is 4.98 Å². The lowest BCUT2D eigenvalue weighted by molar-refractivity contribution is 0.384. The molecule has 0 bridgehead atoms. The molecule has 0 unspecified atom stereocenters. The molecule has 0 amide bonds. The average molecular weight is 259 g/mol. The van der Waals surface area contributed by atoms with Gasteiger partial charge in [-0.1, -0.05) is 11.6 Å². The van der Waals surface area contributed by atoms with Crippen molar-refractivity contribution in [3.05, 3.63) is 23.4 Å². The molecule has 0 radical (unpaired) electrons. The van der Waals surface area contributed by atoms with E-state index >= 15 is 0 Å². The van der Waals surface area contributed by atoms with Gasteiger partial charge in [-0.2, -0.15) is 0 Å². The molecule has 0 spiro atoms. The number of alkyl halides is 1. The van der Waals surface area contributed by atoms with Gasteiger partial charge in [0, 0.05) is 24.7 Å². The summed E-state index contributed by atoms with van der Waals surface area (Å²) in [5.41, 5.74) is 0. The van der Waals surface area contributed by atoms with Crippen molar-refractivity contribution in [3.8, 4) is 0 Å². The Bertz CT molecular complexity index is 322. The zero-order valence-corrected chi connectivity index (χ0v) is 10.7. The molecule has 1 aromatic heterocycles. The first-order valence-electron chi connectivity index (χ1n) is 5.75. The molecule has 1 saturated carbocycles. The lowest BCUT2D eigenvalue weighted by Crippen LogP contribution is -2.41. The number of hydrogen-bond donors (Lipinski definition) is 0. The molecule has 4 heteroatoms. The monoisotopic (exact) mass is 258 g/mol. The second-order valence-electron chi connectivity index (χ2n) is 4.16. The molecule has 1 aliphatic carbocycles. The summed E-state index contributed by atoms with van der Waals surface area (Å²) in [5, 5.41) is 0.689. The molecule has 2 nitrogen and oxygen atoms in total. The van der Waals surface area contributed by atoms with Crippen LogP contribution in [0.15, 0.2) is 18.3 Å². The summed E-state index contributed by atoms with van der Waals surface area (Å²) in [6.45, 7) is 0.989. The van der Waals surface area contributed by atoms with Gasteiger partial charge in [0.25, 0.3) is 0 Å². The molecule has 0 N–H and O–H groups in total. The number of halogens is 2. The molecule has 0 saturated heterocycles. The minimum atomic E-state index is 0.650. The number of pyridine rings is 1. The molecule has 88 valence electrons. The van der Waals surface area contributed by atoms with Crippen LogP contribution in [0.2, 0.25) is 5.02 Å². The maximum atomic E-state index is 5.85. The molecular weight excluding hydrogens is 243 g/mol. The van der Waals surface area contributed by atoms with Crippen LogP contribution in [0.5, 0.6) is 0 Å². The maximum absolute atomic E-state index is 5.85. The molecule has 1 aromatic rings. The van der Waals surface area contributed by atoms with Gasteiger partial charge in [0.2, 0.25) is 0 Å². The summed E-state index contributed by atoms with van der Waals surface area (Å²) >= 11 is 11.6. The first-order chi connectivity index (χ1) is 7.81. The topological polar surface area (TPSA) is 16.1 Å². The fourth-order valence-electron chi connectivity index (χ4n) is 1.95. The summed E-state index contributed by atoms with van der Waals surface area (Å²) in [6.07, 6.45) is 6.58. The van der Waals surface area contributed by atoms with Crippen LogP contribution in [0.4, 0.5) is 5.82 Å². The standard InChI is InChI=1S/C12H16Cl2N2/c13-7-2-8-16(11-3-1-4-11)12-6-5-10(14)9-15-12/h5-6,9,11H,1-4,7-8H2. The van der Waals surface area contributed by atoms with Gasteiger partial charge < -0.3 is 4.90 Å². The van der Waals surface area contributed by atoms with E-state index in [9.17, 15) is 0 Å². The van der Waals surface area contributed by atoms with Crippen molar-refractivity contribution < 1.29 is 0 Å². The van der Waals surface area contributed by atoms with E-state index in [1.165, 1.54) is 19.3 Å². The lowest BCUT2D eigenvalue weighted by Gasteiger charge is -2.38. The fourth-order valence-corrected chi connectivity index (χ4v) is 2.18. The Hall–Kier alpha value is -0.470. The van der Waals surface area contributed by atoms with Crippen molar-refractivity contribution in [3.63, 3.8) is 0 Å². The zero-order valence-electron chi connectivity index (χ0n) is 9.20. The van der Waals surface area contributed by atoms with Crippen molar-refractivity contribution in [1.82, 2.24) is 4.98 Å². The first kappa shape index (κ1) is 12.0. The molecule has 1 aliphatic rings. The van der Waals surface area contributed by atoms with Gasteiger partial charge in [-0.3, -0.25) is 0 Å². The molecule has 0 aromatic carbocycles. The Morgan fingerprint density at radius 1 is 1.38 bits per heavy atom. The minimum Gasteiger partial charge on any atom is -0.354 e. The van der Waals surface area contributed by atoms with Crippen LogP contribution >= 0.6 is 23.2 Å².